The summed E-state index contributed by atoms with van der Waals surface area (Å²) < 4.78 is 0. The first-order valence-electron chi connectivity index (χ1n) is 7.35. The number of hydrogen-bond donors (Lipinski definition) is 2. The zero-order valence-corrected chi connectivity index (χ0v) is 12.9. The van der Waals surface area contributed by atoms with Crippen molar-refractivity contribution in [2.75, 3.05) is 0 Å². The second kappa shape index (κ2) is 6.79. The molecule has 0 spiro atoms. The maximum absolute atomic E-state index is 12.1. The standard InChI is InChI=1S/C18H13N3O4/c22-17-10-9-12-5-1-2-6-13(12)15(17)11-19-20-18(23)14-7-3-4-8-16(14)21(24)25/h1-11,22H,(H,20,23)/b19-11-. The topological polar surface area (TPSA) is 105 Å². The lowest BCUT2D eigenvalue weighted by molar-refractivity contribution is -0.385. The number of carbonyl (C=O) groups excluding carboxylic acids is 1. The highest BCUT2D eigenvalue weighted by molar-refractivity contribution is 6.03. The summed E-state index contributed by atoms with van der Waals surface area (Å²) in [5, 5.41) is 26.5. The Bertz CT molecular complexity index is 999. The number of aromatic hydroxyl groups is 1. The number of carbonyl (C=O) groups is 1. The molecule has 0 fully saturated rings. The minimum Gasteiger partial charge on any atom is -0.507 e. The number of fused-ring (bicyclic) bond motifs is 1. The van der Waals surface area contributed by atoms with Crippen LogP contribution in [0.1, 0.15) is 15.9 Å². The summed E-state index contributed by atoms with van der Waals surface area (Å²) in [6.45, 7) is 0. The van der Waals surface area contributed by atoms with Crippen LogP contribution in [-0.4, -0.2) is 22.2 Å². The van der Waals surface area contributed by atoms with Gasteiger partial charge in [0.2, 0.25) is 0 Å². The van der Waals surface area contributed by atoms with Gasteiger partial charge in [-0.05, 0) is 22.9 Å². The number of nitro groups is 1. The first-order chi connectivity index (χ1) is 12.1. The maximum atomic E-state index is 12.1. The summed E-state index contributed by atoms with van der Waals surface area (Å²) >= 11 is 0. The number of nitrogens with zero attached hydrogens (tertiary/aromatic N) is 2. The van der Waals surface area contributed by atoms with Crippen LogP contribution in [-0.2, 0) is 0 Å². The highest BCUT2D eigenvalue weighted by Crippen LogP contribution is 2.25. The van der Waals surface area contributed by atoms with Gasteiger partial charge in [0.05, 0.1) is 11.1 Å². The van der Waals surface area contributed by atoms with E-state index in [1.165, 1.54) is 36.5 Å². The van der Waals surface area contributed by atoms with Gasteiger partial charge in [0.1, 0.15) is 11.3 Å². The Morgan fingerprint density at radius 1 is 1.08 bits per heavy atom. The Kier molecular flexibility index (Phi) is 4.38. The molecule has 0 bridgehead atoms. The first-order valence-corrected chi connectivity index (χ1v) is 7.35. The minimum atomic E-state index is -0.705. The van der Waals surface area contributed by atoms with Crippen molar-refractivity contribution >= 4 is 28.6 Å². The van der Waals surface area contributed by atoms with E-state index in [1.54, 1.807) is 6.07 Å². The summed E-state index contributed by atoms with van der Waals surface area (Å²) in [6.07, 6.45) is 1.31. The predicted octanol–water partition coefficient (Wildman–Crippen LogP) is 3.22. The Morgan fingerprint density at radius 2 is 1.80 bits per heavy atom. The monoisotopic (exact) mass is 335 g/mol. The van der Waals surface area contributed by atoms with Gasteiger partial charge in [-0.3, -0.25) is 14.9 Å². The van der Waals surface area contributed by atoms with E-state index in [0.29, 0.717) is 5.56 Å². The zero-order chi connectivity index (χ0) is 17.8. The van der Waals surface area contributed by atoms with Crippen LogP contribution in [0.5, 0.6) is 5.75 Å². The number of phenols is 1. The van der Waals surface area contributed by atoms with Gasteiger partial charge in [-0.1, -0.05) is 42.5 Å². The number of hydrazone groups is 1. The van der Waals surface area contributed by atoms with Crippen molar-refractivity contribution in [3.63, 3.8) is 0 Å². The molecule has 124 valence electrons. The summed E-state index contributed by atoms with van der Waals surface area (Å²) in [6, 6.07) is 16.3. The Labute approximate surface area is 142 Å². The van der Waals surface area contributed by atoms with E-state index in [0.717, 1.165) is 10.8 Å². The van der Waals surface area contributed by atoms with Crippen LogP contribution in [0, 0.1) is 10.1 Å². The number of benzene rings is 3. The van der Waals surface area contributed by atoms with Crippen LogP contribution < -0.4 is 5.43 Å². The van der Waals surface area contributed by atoms with E-state index in [4.69, 9.17) is 0 Å². The quantitative estimate of drug-likeness (QED) is 0.434. The molecule has 1 amide bonds. The van der Waals surface area contributed by atoms with Crippen molar-refractivity contribution in [1.29, 1.82) is 0 Å². The van der Waals surface area contributed by atoms with Gasteiger partial charge in [-0.2, -0.15) is 5.10 Å². The molecule has 7 nitrogen and oxygen atoms in total. The average molecular weight is 335 g/mol. The van der Waals surface area contributed by atoms with Gasteiger partial charge in [0.15, 0.2) is 0 Å². The number of phenolic OH excluding ortho intramolecular Hbond substituents is 1. The highest BCUT2D eigenvalue weighted by atomic mass is 16.6. The van der Waals surface area contributed by atoms with E-state index in [-0.39, 0.29) is 17.0 Å². The van der Waals surface area contributed by atoms with Gasteiger partial charge in [0, 0.05) is 11.6 Å². The number of para-hydroxylation sites is 1. The van der Waals surface area contributed by atoms with Crippen molar-refractivity contribution < 1.29 is 14.8 Å². The average Bonchev–Trinajstić information content (AvgIpc) is 2.63. The summed E-state index contributed by atoms with van der Waals surface area (Å²) in [4.78, 5) is 22.5. The first kappa shape index (κ1) is 16.1. The molecule has 7 heteroatoms. The van der Waals surface area contributed by atoms with E-state index >= 15 is 0 Å². The van der Waals surface area contributed by atoms with Gasteiger partial charge in [-0.25, -0.2) is 5.43 Å². The lowest BCUT2D eigenvalue weighted by Crippen LogP contribution is -2.19. The highest BCUT2D eigenvalue weighted by Gasteiger charge is 2.18. The number of rotatable bonds is 4. The lowest BCUT2D eigenvalue weighted by atomic mass is 10.0. The fourth-order valence-electron chi connectivity index (χ4n) is 2.46. The largest absolute Gasteiger partial charge is 0.507 e. The molecule has 0 aromatic heterocycles. The molecule has 0 unspecified atom stereocenters. The minimum absolute atomic E-state index is 0.0161. The maximum Gasteiger partial charge on any atom is 0.282 e. The van der Waals surface area contributed by atoms with E-state index in [2.05, 4.69) is 10.5 Å². The number of nitro benzene ring substituents is 1. The van der Waals surface area contributed by atoms with Gasteiger partial charge < -0.3 is 5.11 Å². The van der Waals surface area contributed by atoms with Gasteiger partial charge in [-0.15, -0.1) is 0 Å². The Morgan fingerprint density at radius 3 is 2.60 bits per heavy atom. The molecule has 2 N–H and O–H groups in total. The molecule has 3 aromatic carbocycles. The molecule has 0 aliphatic carbocycles. The van der Waals surface area contributed by atoms with Gasteiger partial charge >= 0.3 is 0 Å². The molecule has 0 heterocycles. The van der Waals surface area contributed by atoms with E-state index in [9.17, 15) is 20.0 Å². The van der Waals surface area contributed by atoms with Crippen LogP contribution >= 0.6 is 0 Å². The Balaban J connectivity index is 1.86. The van der Waals surface area contributed by atoms with Crippen molar-refractivity contribution in [3.05, 3.63) is 81.9 Å². The second-order valence-electron chi connectivity index (χ2n) is 5.19. The number of nitrogens with one attached hydrogen (secondary N) is 1. The summed E-state index contributed by atoms with van der Waals surface area (Å²) in [5.41, 5.74) is 2.30. The third-order valence-electron chi connectivity index (χ3n) is 3.65. The third-order valence-corrected chi connectivity index (χ3v) is 3.65. The normalized spacial score (nSPS) is 10.9. The second-order valence-corrected chi connectivity index (χ2v) is 5.19. The molecular weight excluding hydrogens is 322 g/mol. The smallest absolute Gasteiger partial charge is 0.282 e. The molecule has 0 aliphatic heterocycles. The number of hydrogen-bond acceptors (Lipinski definition) is 5. The van der Waals surface area contributed by atoms with Crippen molar-refractivity contribution in [2.24, 2.45) is 5.10 Å². The predicted molar refractivity (Wildman–Crippen MR) is 93.8 cm³/mol. The van der Waals surface area contributed by atoms with Gasteiger partial charge in [0.25, 0.3) is 11.6 Å². The Hall–Kier alpha value is -3.74. The molecule has 0 saturated heterocycles. The van der Waals surface area contributed by atoms with Crippen LogP contribution in [0.2, 0.25) is 0 Å². The van der Waals surface area contributed by atoms with Crippen LogP contribution in [0.4, 0.5) is 5.69 Å². The molecule has 0 saturated carbocycles. The molecule has 3 rings (SSSR count). The van der Waals surface area contributed by atoms with E-state index < -0.39 is 10.8 Å². The molecule has 3 aromatic rings. The van der Waals surface area contributed by atoms with Crippen LogP contribution in [0.15, 0.2) is 65.8 Å². The molecule has 25 heavy (non-hydrogen) atoms. The molecular formula is C18H13N3O4. The number of amides is 1. The summed E-state index contributed by atoms with van der Waals surface area (Å²) in [5.74, 6) is -0.689. The third kappa shape index (κ3) is 3.30. The van der Waals surface area contributed by atoms with Crippen molar-refractivity contribution in [1.82, 2.24) is 5.43 Å². The fraction of sp³-hybridized carbons (Fsp3) is 0. The van der Waals surface area contributed by atoms with Crippen molar-refractivity contribution in [3.8, 4) is 5.75 Å². The van der Waals surface area contributed by atoms with E-state index in [1.807, 2.05) is 24.3 Å². The van der Waals surface area contributed by atoms with Crippen LogP contribution in [0.3, 0.4) is 0 Å². The van der Waals surface area contributed by atoms with Crippen molar-refractivity contribution in [2.45, 2.75) is 0 Å². The SMILES string of the molecule is O=C(N/N=C\c1c(O)ccc2ccccc12)c1ccccc1[N+](=O)[O-]. The molecule has 0 radical (unpaired) electrons. The van der Waals surface area contributed by atoms with Crippen LogP contribution in [0.25, 0.3) is 10.8 Å². The lowest BCUT2D eigenvalue weighted by Gasteiger charge is -2.05. The summed E-state index contributed by atoms with van der Waals surface area (Å²) in [7, 11) is 0. The zero-order valence-electron chi connectivity index (χ0n) is 12.9. The fourth-order valence-corrected chi connectivity index (χ4v) is 2.46. The molecule has 0 aliphatic rings. The molecule has 0 atom stereocenters.